The summed E-state index contributed by atoms with van der Waals surface area (Å²) >= 11 is 2.96. The number of carboxylic acid groups (broad SMARTS) is 1. The van der Waals surface area contributed by atoms with E-state index in [4.69, 9.17) is 5.11 Å². The minimum absolute atomic E-state index is 0.485. The SMILES string of the molecule is O=C(O)C1CSC(c2nc3cnccc3s2)=N1. The highest BCUT2D eigenvalue weighted by Crippen LogP contribution is 2.29. The maximum absolute atomic E-state index is 10.8. The van der Waals surface area contributed by atoms with E-state index in [1.807, 2.05) is 6.07 Å². The molecule has 86 valence electrons. The lowest BCUT2D eigenvalue weighted by molar-refractivity contribution is -0.137. The Bertz CT molecular complexity index is 590. The summed E-state index contributed by atoms with van der Waals surface area (Å²) in [7, 11) is 0. The molecule has 1 unspecified atom stereocenters. The summed E-state index contributed by atoms with van der Waals surface area (Å²) in [6.07, 6.45) is 3.41. The van der Waals surface area contributed by atoms with E-state index >= 15 is 0 Å². The summed E-state index contributed by atoms with van der Waals surface area (Å²) in [6.45, 7) is 0. The van der Waals surface area contributed by atoms with Gasteiger partial charge in [0, 0.05) is 11.9 Å². The van der Waals surface area contributed by atoms with Crippen molar-refractivity contribution in [2.45, 2.75) is 6.04 Å². The predicted molar refractivity (Wildman–Crippen MR) is 67.8 cm³/mol. The number of aliphatic carboxylic acids is 1. The molecular weight excluding hydrogens is 258 g/mol. The van der Waals surface area contributed by atoms with Crippen LogP contribution in [0.2, 0.25) is 0 Å². The fraction of sp³-hybridized carbons (Fsp3) is 0.200. The van der Waals surface area contributed by atoms with Gasteiger partial charge in [0.05, 0.1) is 10.9 Å². The van der Waals surface area contributed by atoms with Crippen molar-refractivity contribution >= 4 is 44.3 Å². The van der Waals surface area contributed by atoms with Gasteiger partial charge in [0.2, 0.25) is 0 Å². The molecular formula is C10H7N3O2S2. The molecule has 0 aliphatic carbocycles. The molecule has 17 heavy (non-hydrogen) atoms. The Kier molecular flexibility index (Phi) is 2.56. The van der Waals surface area contributed by atoms with Gasteiger partial charge in [-0.1, -0.05) is 0 Å². The number of hydrogen-bond acceptors (Lipinski definition) is 6. The van der Waals surface area contributed by atoms with Crippen molar-refractivity contribution < 1.29 is 9.90 Å². The van der Waals surface area contributed by atoms with Gasteiger partial charge in [-0.25, -0.2) is 9.78 Å². The number of thiazole rings is 1. The van der Waals surface area contributed by atoms with E-state index in [-0.39, 0.29) is 0 Å². The molecule has 3 rings (SSSR count). The smallest absolute Gasteiger partial charge is 0.329 e. The molecule has 0 amide bonds. The summed E-state index contributed by atoms with van der Waals surface area (Å²) in [6, 6.07) is 1.26. The minimum Gasteiger partial charge on any atom is -0.480 e. The molecule has 0 spiro atoms. The van der Waals surface area contributed by atoms with Crippen LogP contribution in [0.25, 0.3) is 10.2 Å². The van der Waals surface area contributed by atoms with Crippen LogP contribution in [0.3, 0.4) is 0 Å². The van der Waals surface area contributed by atoms with Crippen LogP contribution in [0.4, 0.5) is 0 Å². The van der Waals surface area contributed by atoms with Gasteiger partial charge in [0.1, 0.15) is 15.6 Å². The summed E-state index contributed by atoms with van der Waals surface area (Å²) in [5.74, 6) is -0.394. The molecule has 1 aliphatic heterocycles. The van der Waals surface area contributed by atoms with Crippen LogP contribution in [0.5, 0.6) is 0 Å². The summed E-state index contributed by atoms with van der Waals surface area (Å²) in [4.78, 5) is 23.4. The Hall–Kier alpha value is -1.47. The van der Waals surface area contributed by atoms with Crippen molar-refractivity contribution in [1.29, 1.82) is 0 Å². The maximum Gasteiger partial charge on any atom is 0.329 e. The average molecular weight is 265 g/mol. The zero-order valence-corrected chi connectivity index (χ0v) is 10.2. The maximum atomic E-state index is 10.8. The highest BCUT2D eigenvalue weighted by atomic mass is 32.2. The highest BCUT2D eigenvalue weighted by molar-refractivity contribution is 8.15. The second-order valence-electron chi connectivity index (χ2n) is 3.46. The Morgan fingerprint density at radius 2 is 2.41 bits per heavy atom. The zero-order chi connectivity index (χ0) is 11.8. The largest absolute Gasteiger partial charge is 0.480 e. The Morgan fingerprint density at radius 3 is 3.12 bits per heavy atom. The molecule has 0 aromatic carbocycles. The number of pyridine rings is 1. The lowest BCUT2D eigenvalue weighted by Gasteiger charge is -1.93. The predicted octanol–water partition coefficient (Wildman–Crippen LogP) is 1.64. The van der Waals surface area contributed by atoms with Gasteiger partial charge in [-0.15, -0.1) is 23.1 Å². The topological polar surface area (TPSA) is 75.4 Å². The number of nitrogens with zero attached hydrogens (tertiary/aromatic N) is 3. The standard InChI is InChI=1S/C10H7N3O2S2/c14-10(15)6-4-16-8(13-6)9-12-5-3-11-2-1-7(5)17-9/h1-3,6H,4H2,(H,14,15). The van der Waals surface area contributed by atoms with Crippen molar-refractivity contribution in [1.82, 2.24) is 9.97 Å². The van der Waals surface area contributed by atoms with Crippen LogP contribution >= 0.6 is 23.1 Å². The molecule has 3 heterocycles. The van der Waals surface area contributed by atoms with Gasteiger partial charge >= 0.3 is 5.97 Å². The van der Waals surface area contributed by atoms with Crippen molar-refractivity contribution in [2.75, 3.05) is 5.75 Å². The van der Waals surface area contributed by atoms with Gasteiger partial charge in [0.25, 0.3) is 0 Å². The van der Waals surface area contributed by atoms with E-state index in [0.29, 0.717) is 5.75 Å². The second-order valence-corrected chi connectivity index (χ2v) is 5.50. The number of fused-ring (bicyclic) bond motifs is 1. The van der Waals surface area contributed by atoms with Crippen molar-refractivity contribution in [3.8, 4) is 0 Å². The summed E-state index contributed by atoms with van der Waals surface area (Å²) in [5.41, 5.74) is 0.828. The summed E-state index contributed by atoms with van der Waals surface area (Å²) < 4.78 is 1.04. The number of hydrogen-bond donors (Lipinski definition) is 1. The quantitative estimate of drug-likeness (QED) is 0.893. The van der Waals surface area contributed by atoms with Gasteiger partial charge < -0.3 is 5.11 Å². The van der Waals surface area contributed by atoms with E-state index in [1.165, 1.54) is 23.1 Å². The minimum atomic E-state index is -0.879. The first-order chi connectivity index (χ1) is 8.24. The molecule has 1 atom stereocenters. The number of carboxylic acids is 1. The van der Waals surface area contributed by atoms with Crippen LogP contribution in [-0.2, 0) is 4.79 Å². The number of thioether (sulfide) groups is 1. The fourth-order valence-corrected chi connectivity index (χ4v) is 3.52. The zero-order valence-electron chi connectivity index (χ0n) is 8.53. The monoisotopic (exact) mass is 265 g/mol. The molecule has 7 heteroatoms. The Labute approximate surface area is 105 Å². The molecule has 2 aromatic rings. The van der Waals surface area contributed by atoms with Crippen molar-refractivity contribution in [3.05, 3.63) is 23.5 Å². The van der Waals surface area contributed by atoms with Crippen LogP contribution in [0, 0.1) is 0 Å². The van der Waals surface area contributed by atoms with Crippen molar-refractivity contribution in [2.24, 2.45) is 4.99 Å². The molecule has 1 N–H and O–H groups in total. The Balaban J connectivity index is 1.99. The number of rotatable bonds is 2. The third-order valence-electron chi connectivity index (χ3n) is 2.31. The first-order valence-corrected chi connectivity index (χ1v) is 6.68. The molecule has 2 aromatic heterocycles. The Morgan fingerprint density at radius 1 is 1.53 bits per heavy atom. The molecule has 0 saturated heterocycles. The van der Waals surface area contributed by atoms with Crippen LogP contribution < -0.4 is 0 Å². The first-order valence-electron chi connectivity index (χ1n) is 4.88. The average Bonchev–Trinajstić information content (AvgIpc) is 2.95. The lowest BCUT2D eigenvalue weighted by atomic mass is 10.4. The lowest BCUT2D eigenvalue weighted by Crippen LogP contribution is -2.17. The normalized spacial score (nSPS) is 19.5. The van der Waals surface area contributed by atoms with Crippen LogP contribution in [0.1, 0.15) is 5.01 Å². The molecule has 0 saturated carbocycles. The molecule has 0 fully saturated rings. The molecule has 5 nitrogen and oxygen atoms in total. The molecule has 0 radical (unpaired) electrons. The number of aliphatic imine (C=N–C) groups is 1. The van der Waals surface area contributed by atoms with E-state index in [9.17, 15) is 4.79 Å². The molecule has 0 bridgehead atoms. The van der Waals surface area contributed by atoms with Crippen LogP contribution in [-0.4, -0.2) is 37.9 Å². The summed E-state index contributed by atoms with van der Waals surface area (Å²) in [5, 5.41) is 10.4. The van der Waals surface area contributed by atoms with Gasteiger partial charge in [-0.2, -0.15) is 0 Å². The fourth-order valence-electron chi connectivity index (χ4n) is 1.49. The van der Waals surface area contributed by atoms with E-state index in [1.54, 1.807) is 12.4 Å². The van der Waals surface area contributed by atoms with Gasteiger partial charge in [-0.3, -0.25) is 9.98 Å². The van der Waals surface area contributed by atoms with Gasteiger partial charge in [0.15, 0.2) is 6.04 Å². The number of carbonyl (C=O) groups is 1. The highest BCUT2D eigenvalue weighted by Gasteiger charge is 2.26. The van der Waals surface area contributed by atoms with E-state index in [0.717, 1.165) is 20.3 Å². The molecule has 1 aliphatic rings. The second kappa shape index (κ2) is 4.08. The van der Waals surface area contributed by atoms with Crippen molar-refractivity contribution in [3.63, 3.8) is 0 Å². The third-order valence-corrected chi connectivity index (χ3v) is 4.54. The van der Waals surface area contributed by atoms with Crippen LogP contribution in [0.15, 0.2) is 23.5 Å². The van der Waals surface area contributed by atoms with Gasteiger partial charge in [-0.05, 0) is 6.07 Å². The van der Waals surface area contributed by atoms with E-state index < -0.39 is 12.0 Å². The van der Waals surface area contributed by atoms with E-state index in [2.05, 4.69) is 15.0 Å². The third kappa shape index (κ3) is 1.91. The first kappa shape index (κ1) is 10.7. The number of aromatic nitrogens is 2.